The van der Waals surface area contributed by atoms with Gasteiger partial charge in [-0.3, -0.25) is 9.78 Å². The Balaban J connectivity index is 1.95. The van der Waals surface area contributed by atoms with Gasteiger partial charge < -0.3 is 15.2 Å². The van der Waals surface area contributed by atoms with E-state index >= 15 is 0 Å². The van der Waals surface area contributed by atoms with E-state index in [1.165, 1.54) is 24.5 Å². The molecule has 0 aliphatic heterocycles. The number of rotatable bonds is 5. The number of nitrogens with zero attached hydrogens (tertiary/aromatic N) is 1. The van der Waals surface area contributed by atoms with Crippen molar-refractivity contribution >= 4 is 40.8 Å². The number of amides is 1. The first kappa shape index (κ1) is 16.1. The van der Waals surface area contributed by atoms with Crippen molar-refractivity contribution in [3.05, 3.63) is 52.3 Å². The van der Waals surface area contributed by atoms with Crippen molar-refractivity contribution in [1.82, 2.24) is 4.98 Å². The summed E-state index contributed by atoms with van der Waals surface area (Å²) < 4.78 is 5.26. The first-order valence-corrected chi connectivity index (χ1v) is 6.77. The molecular formula is C14H10Cl2N2O4. The van der Waals surface area contributed by atoms with Crippen LogP contribution < -0.4 is 10.1 Å². The number of carbonyl (C=O) groups is 2. The van der Waals surface area contributed by atoms with Crippen LogP contribution in [0.3, 0.4) is 0 Å². The predicted octanol–water partition coefficient (Wildman–Crippen LogP) is 3.10. The summed E-state index contributed by atoms with van der Waals surface area (Å²) in [6.45, 7) is -0.293. The van der Waals surface area contributed by atoms with Crippen LogP contribution in [0.4, 0.5) is 5.69 Å². The van der Waals surface area contributed by atoms with E-state index in [-0.39, 0.29) is 22.9 Å². The zero-order chi connectivity index (χ0) is 16.1. The zero-order valence-electron chi connectivity index (χ0n) is 11.0. The third-order valence-electron chi connectivity index (χ3n) is 2.52. The maximum absolute atomic E-state index is 11.8. The molecule has 114 valence electrons. The van der Waals surface area contributed by atoms with Crippen molar-refractivity contribution in [2.45, 2.75) is 0 Å². The standard InChI is InChI=1S/C14H10Cl2N2O4/c15-9-1-2-12(11(16)4-9)22-7-13(19)18-10-3-8(14(20)21)5-17-6-10/h1-6H,7H2,(H,18,19)(H,20,21). The fourth-order valence-corrected chi connectivity index (χ4v) is 2.02. The molecular weight excluding hydrogens is 331 g/mol. The lowest BCUT2D eigenvalue weighted by Gasteiger charge is -2.09. The van der Waals surface area contributed by atoms with Gasteiger partial charge in [0.2, 0.25) is 0 Å². The number of aromatic nitrogens is 1. The average molecular weight is 341 g/mol. The number of carboxylic acids is 1. The Labute approximate surface area is 135 Å². The van der Waals surface area contributed by atoms with Gasteiger partial charge in [0.25, 0.3) is 5.91 Å². The molecule has 0 aliphatic carbocycles. The van der Waals surface area contributed by atoms with Gasteiger partial charge in [-0.25, -0.2) is 4.79 Å². The fourth-order valence-electron chi connectivity index (χ4n) is 1.56. The summed E-state index contributed by atoms with van der Waals surface area (Å²) in [5, 5.41) is 12.1. The Kier molecular flexibility index (Phi) is 5.19. The molecule has 1 aromatic carbocycles. The molecule has 22 heavy (non-hydrogen) atoms. The summed E-state index contributed by atoms with van der Waals surface area (Å²) in [6, 6.07) is 5.92. The second-order valence-corrected chi connectivity index (χ2v) is 5.02. The van der Waals surface area contributed by atoms with Crippen LogP contribution in [0.5, 0.6) is 5.75 Å². The van der Waals surface area contributed by atoms with Gasteiger partial charge in [0.1, 0.15) is 5.75 Å². The number of pyridine rings is 1. The summed E-state index contributed by atoms with van der Waals surface area (Å²) in [7, 11) is 0. The Morgan fingerprint density at radius 1 is 1.23 bits per heavy atom. The van der Waals surface area contributed by atoms with Crippen LogP contribution in [-0.2, 0) is 4.79 Å². The number of benzene rings is 1. The number of carbonyl (C=O) groups excluding carboxylic acids is 1. The minimum Gasteiger partial charge on any atom is -0.482 e. The lowest BCUT2D eigenvalue weighted by atomic mass is 10.2. The van der Waals surface area contributed by atoms with Crippen LogP contribution in [0.25, 0.3) is 0 Å². The SMILES string of the molecule is O=C(COc1ccc(Cl)cc1Cl)Nc1cncc(C(=O)O)c1. The topological polar surface area (TPSA) is 88.5 Å². The van der Waals surface area contributed by atoms with Gasteiger partial charge >= 0.3 is 5.97 Å². The van der Waals surface area contributed by atoms with E-state index in [1.54, 1.807) is 12.1 Å². The first-order chi connectivity index (χ1) is 10.5. The van der Waals surface area contributed by atoms with Crippen molar-refractivity contribution in [3.63, 3.8) is 0 Å². The molecule has 8 heteroatoms. The number of aromatic carboxylic acids is 1. The number of anilines is 1. The average Bonchev–Trinajstić information content (AvgIpc) is 2.46. The monoisotopic (exact) mass is 340 g/mol. The molecule has 2 N–H and O–H groups in total. The van der Waals surface area contributed by atoms with Crippen molar-refractivity contribution in [3.8, 4) is 5.75 Å². The highest BCUT2D eigenvalue weighted by molar-refractivity contribution is 6.35. The molecule has 0 radical (unpaired) electrons. The van der Waals surface area contributed by atoms with Gasteiger partial charge in [-0.1, -0.05) is 23.2 Å². The van der Waals surface area contributed by atoms with E-state index in [0.717, 1.165) is 0 Å². The maximum atomic E-state index is 11.8. The Hall–Kier alpha value is -2.31. The van der Waals surface area contributed by atoms with Crippen LogP contribution in [0, 0.1) is 0 Å². The normalized spacial score (nSPS) is 10.1. The van der Waals surface area contributed by atoms with Crippen molar-refractivity contribution in [1.29, 1.82) is 0 Å². The summed E-state index contributed by atoms with van der Waals surface area (Å²) in [4.78, 5) is 26.3. The van der Waals surface area contributed by atoms with Crippen molar-refractivity contribution in [2.75, 3.05) is 11.9 Å². The number of carboxylic acid groups (broad SMARTS) is 1. The Bertz CT molecular complexity index is 722. The Morgan fingerprint density at radius 2 is 2.00 bits per heavy atom. The molecule has 1 aromatic heterocycles. The Morgan fingerprint density at radius 3 is 2.68 bits per heavy atom. The molecule has 2 rings (SSSR count). The largest absolute Gasteiger partial charge is 0.482 e. The molecule has 0 atom stereocenters. The summed E-state index contributed by atoms with van der Waals surface area (Å²) in [6.07, 6.45) is 2.52. The van der Waals surface area contributed by atoms with Gasteiger partial charge in [-0.2, -0.15) is 0 Å². The lowest BCUT2D eigenvalue weighted by Crippen LogP contribution is -2.20. The van der Waals surface area contributed by atoms with E-state index in [4.69, 9.17) is 33.0 Å². The molecule has 0 saturated carbocycles. The molecule has 1 heterocycles. The second kappa shape index (κ2) is 7.11. The lowest BCUT2D eigenvalue weighted by molar-refractivity contribution is -0.118. The highest BCUT2D eigenvalue weighted by Gasteiger charge is 2.09. The highest BCUT2D eigenvalue weighted by atomic mass is 35.5. The third-order valence-corrected chi connectivity index (χ3v) is 3.05. The predicted molar refractivity (Wildman–Crippen MR) is 81.8 cm³/mol. The molecule has 2 aromatic rings. The summed E-state index contributed by atoms with van der Waals surface area (Å²) in [5.41, 5.74) is 0.232. The van der Waals surface area contributed by atoms with E-state index in [2.05, 4.69) is 10.3 Å². The van der Waals surface area contributed by atoms with Crippen LogP contribution in [-0.4, -0.2) is 28.6 Å². The summed E-state index contributed by atoms with van der Waals surface area (Å²) in [5.74, 6) is -1.29. The highest BCUT2D eigenvalue weighted by Crippen LogP contribution is 2.27. The van der Waals surface area contributed by atoms with Crippen LogP contribution in [0.1, 0.15) is 10.4 Å². The van der Waals surface area contributed by atoms with Crippen LogP contribution in [0.2, 0.25) is 10.0 Å². The smallest absolute Gasteiger partial charge is 0.337 e. The van der Waals surface area contributed by atoms with Crippen molar-refractivity contribution < 1.29 is 19.4 Å². The van der Waals surface area contributed by atoms with Gasteiger partial charge in [0, 0.05) is 11.2 Å². The van der Waals surface area contributed by atoms with Crippen LogP contribution in [0.15, 0.2) is 36.7 Å². The third kappa shape index (κ3) is 4.34. The summed E-state index contributed by atoms with van der Waals surface area (Å²) >= 11 is 11.7. The van der Waals surface area contributed by atoms with E-state index < -0.39 is 11.9 Å². The molecule has 0 aliphatic rings. The molecule has 0 fully saturated rings. The molecule has 0 unspecified atom stereocenters. The molecule has 0 bridgehead atoms. The zero-order valence-corrected chi connectivity index (χ0v) is 12.6. The van der Waals surface area contributed by atoms with Crippen molar-refractivity contribution in [2.24, 2.45) is 0 Å². The van der Waals surface area contributed by atoms with Gasteiger partial charge in [-0.05, 0) is 24.3 Å². The van der Waals surface area contributed by atoms with Gasteiger partial charge in [-0.15, -0.1) is 0 Å². The van der Waals surface area contributed by atoms with Gasteiger partial charge in [0.15, 0.2) is 6.61 Å². The number of hydrogen-bond donors (Lipinski definition) is 2. The minimum absolute atomic E-state index is 0.0283. The first-order valence-electron chi connectivity index (χ1n) is 6.02. The van der Waals surface area contributed by atoms with E-state index in [0.29, 0.717) is 10.8 Å². The van der Waals surface area contributed by atoms with E-state index in [1.807, 2.05) is 0 Å². The molecule has 0 saturated heterocycles. The van der Waals surface area contributed by atoms with Crippen LogP contribution >= 0.6 is 23.2 Å². The number of nitrogens with one attached hydrogen (secondary N) is 1. The number of halogens is 2. The number of ether oxygens (including phenoxy) is 1. The maximum Gasteiger partial charge on any atom is 0.337 e. The van der Waals surface area contributed by atoms with Gasteiger partial charge in [0.05, 0.1) is 22.5 Å². The second-order valence-electron chi connectivity index (χ2n) is 4.18. The molecule has 0 spiro atoms. The molecule has 1 amide bonds. The quantitative estimate of drug-likeness (QED) is 0.872. The van der Waals surface area contributed by atoms with E-state index in [9.17, 15) is 9.59 Å². The number of hydrogen-bond acceptors (Lipinski definition) is 4. The molecule has 6 nitrogen and oxygen atoms in total. The fraction of sp³-hybridized carbons (Fsp3) is 0.0714. The minimum atomic E-state index is -1.13.